The van der Waals surface area contributed by atoms with Crippen molar-refractivity contribution in [2.24, 2.45) is 4.99 Å². The second-order valence-electron chi connectivity index (χ2n) is 7.12. The van der Waals surface area contributed by atoms with Gasteiger partial charge in [0.15, 0.2) is 11.8 Å². The maximum atomic E-state index is 13.5. The van der Waals surface area contributed by atoms with Gasteiger partial charge >= 0.3 is 0 Å². The molecular weight excluding hydrogens is 498 g/mol. The third kappa shape index (κ3) is 5.32. The zero-order valence-corrected chi connectivity index (χ0v) is 19.0. The molecule has 4 rings (SSSR count). The van der Waals surface area contributed by atoms with Crippen molar-refractivity contribution in [1.82, 2.24) is 25.8 Å². The number of rotatable bonds is 7. The quantitative estimate of drug-likeness (QED) is 0.281. The highest BCUT2D eigenvalue weighted by Gasteiger charge is 2.44. The monoisotopic (exact) mass is 522 g/mol. The minimum absolute atomic E-state index is 0. The SMILES string of the molecule is CN=C(NCCc1noc(-c2ccccn2)n1)NCC1(c2cccc(F)c2)CC1.I. The molecule has 0 bridgehead atoms. The molecule has 0 amide bonds. The summed E-state index contributed by atoms with van der Waals surface area (Å²) in [6.07, 6.45) is 4.36. The molecule has 1 aliphatic carbocycles. The Labute approximate surface area is 191 Å². The molecule has 3 aromatic rings. The molecular formula is C21H24FIN6O. The molecule has 2 aromatic heterocycles. The van der Waals surface area contributed by atoms with Crippen molar-refractivity contribution in [3.05, 3.63) is 65.9 Å². The summed E-state index contributed by atoms with van der Waals surface area (Å²) in [6, 6.07) is 12.4. The summed E-state index contributed by atoms with van der Waals surface area (Å²) in [6.45, 7) is 1.32. The molecule has 2 heterocycles. The summed E-state index contributed by atoms with van der Waals surface area (Å²) < 4.78 is 18.8. The van der Waals surface area contributed by atoms with Crippen LogP contribution in [0.15, 0.2) is 58.2 Å². The number of nitrogens with zero attached hydrogens (tertiary/aromatic N) is 4. The molecule has 9 heteroatoms. The Kier molecular flexibility index (Phi) is 7.35. The molecule has 0 saturated heterocycles. The molecule has 30 heavy (non-hydrogen) atoms. The smallest absolute Gasteiger partial charge is 0.276 e. The van der Waals surface area contributed by atoms with Crippen LogP contribution in [0.4, 0.5) is 4.39 Å². The first-order chi connectivity index (χ1) is 14.2. The van der Waals surface area contributed by atoms with E-state index in [0.29, 0.717) is 42.9 Å². The van der Waals surface area contributed by atoms with Crippen LogP contribution < -0.4 is 10.6 Å². The first-order valence-electron chi connectivity index (χ1n) is 9.63. The number of nitrogens with one attached hydrogen (secondary N) is 2. The summed E-state index contributed by atoms with van der Waals surface area (Å²) in [5.74, 6) is 1.52. The Morgan fingerprint density at radius 1 is 1.20 bits per heavy atom. The first-order valence-corrected chi connectivity index (χ1v) is 9.63. The fraction of sp³-hybridized carbons (Fsp3) is 0.333. The van der Waals surface area contributed by atoms with Gasteiger partial charge in [0.25, 0.3) is 5.89 Å². The van der Waals surface area contributed by atoms with E-state index in [9.17, 15) is 4.39 Å². The Balaban J connectivity index is 0.00000256. The summed E-state index contributed by atoms with van der Waals surface area (Å²) in [4.78, 5) is 12.8. The number of guanidine groups is 1. The standard InChI is InChI=1S/C21H23FN6O.HI/c1-23-20(26-14-21(9-10-21)15-5-4-6-16(22)13-15)25-12-8-18-27-19(29-28-18)17-7-2-3-11-24-17;/h2-7,11,13H,8-10,12,14H2,1H3,(H2,23,25,26);1H. The zero-order valence-electron chi connectivity index (χ0n) is 16.6. The summed E-state index contributed by atoms with van der Waals surface area (Å²) in [7, 11) is 1.73. The lowest BCUT2D eigenvalue weighted by atomic mass is 9.96. The number of hydrogen-bond donors (Lipinski definition) is 2. The summed E-state index contributed by atoms with van der Waals surface area (Å²) in [5.41, 5.74) is 1.68. The van der Waals surface area contributed by atoms with E-state index in [-0.39, 0.29) is 35.2 Å². The Morgan fingerprint density at radius 2 is 2.07 bits per heavy atom. The molecule has 2 N–H and O–H groups in total. The molecule has 1 saturated carbocycles. The number of halogens is 2. The van der Waals surface area contributed by atoms with Gasteiger partial charge in [-0.15, -0.1) is 24.0 Å². The van der Waals surface area contributed by atoms with Gasteiger partial charge < -0.3 is 15.2 Å². The van der Waals surface area contributed by atoms with Crippen LogP contribution >= 0.6 is 24.0 Å². The molecule has 0 aliphatic heterocycles. The minimum atomic E-state index is -0.193. The molecule has 0 spiro atoms. The van der Waals surface area contributed by atoms with Gasteiger partial charge in [0.05, 0.1) is 0 Å². The van der Waals surface area contributed by atoms with Crippen LogP contribution in [-0.2, 0) is 11.8 Å². The number of aliphatic imine (C=N–C) groups is 1. The lowest BCUT2D eigenvalue weighted by Gasteiger charge is -2.19. The number of hydrogen-bond acceptors (Lipinski definition) is 5. The predicted molar refractivity (Wildman–Crippen MR) is 123 cm³/mol. The van der Waals surface area contributed by atoms with Crippen molar-refractivity contribution in [1.29, 1.82) is 0 Å². The Morgan fingerprint density at radius 3 is 2.77 bits per heavy atom. The molecule has 0 radical (unpaired) electrons. The van der Waals surface area contributed by atoms with Crippen LogP contribution in [0.1, 0.15) is 24.2 Å². The highest BCUT2D eigenvalue weighted by Crippen LogP contribution is 2.47. The fourth-order valence-electron chi connectivity index (χ4n) is 3.25. The molecule has 1 fully saturated rings. The van der Waals surface area contributed by atoms with Gasteiger partial charge in [-0.25, -0.2) is 4.39 Å². The Bertz CT molecular complexity index is 990. The first kappa shape index (κ1) is 22.1. The van der Waals surface area contributed by atoms with Crippen LogP contribution in [0.3, 0.4) is 0 Å². The number of benzene rings is 1. The van der Waals surface area contributed by atoms with E-state index < -0.39 is 0 Å². The van der Waals surface area contributed by atoms with E-state index in [4.69, 9.17) is 4.52 Å². The van der Waals surface area contributed by atoms with Crippen molar-refractivity contribution >= 4 is 29.9 Å². The van der Waals surface area contributed by atoms with Gasteiger partial charge in [0.2, 0.25) is 0 Å². The fourth-order valence-corrected chi connectivity index (χ4v) is 3.25. The second kappa shape index (κ2) is 9.96. The third-order valence-corrected chi connectivity index (χ3v) is 5.10. The van der Waals surface area contributed by atoms with E-state index in [2.05, 4.69) is 30.8 Å². The summed E-state index contributed by atoms with van der Waals surface area (Å²) in [5, 5.41) is 10.6. The van der Waals surface area contributed by atoms with E-state index in [0.717, 1.165) is 18.4 Å². The van der Waals surface area contributed by atoms with Gasteiger partial charge in [-0.1, -0.05) is 23.4 Å². The lowest BCUT2D eigenvalue weighted by Crippen LogP contribution is -2.42. The molecule has 7 nitrogen and oxygen atoms in total. The van der Waals surface area contributed by atoms with Crippen molar-refractivity contribution in [3.8, 4) is 11.6 Å². The van der Waals surface area contributed by atoms with E-state index >= 15 is 0 Å². The van der Waals surface area contributed by atoms with E-state index in [1.165, 1.54) is 6.07 Å². The Hall–Kier alpha value is -2.56. The molecule has 1 aromatic carbocycles. The molecule has 158 valence electrons. The molecule has 0 atom stereocenters. The van der Waals surface area contributed by atoms with Crippen molar-refractivity contribution in [2.45, 2.75) is 24.7 Å². The van der Waals surface area contributed by atoms with Crippen molar-refractivity contribution in [3.63, 3.8) is 0 Å². The zero-order chi connectivity index (χ0) is 20.1. The second-order valence-corrected chi connectivity index (χ2v) is 7.12. The van der Waals surface area contributed by atoms with Crippen LogP contribution in [0.25, 0.3) is 11.6 Å². The van der Waals surface area contributed by atoms with Gasteiger partial charge in [0, 0.05) is 38.2 Å². The maximum absolute atomic E-state index is 13.5. The van der Waals surface area contributed by atoms with Crippen LogP contribution in [0.5, 0.6) is 0 Å². The van der Waals surface area contributed by atoms with Crippen molar-refractivity contribution < 1.29 is 8.91 Å². The minimum Gasteiger partial charge on any atom is -0.356 e. The van der Waals surface area contributed by atoms with Gasteiger partial charge in [-0.3, -0.25) is 9.98 Å². The lowest BCUT2D eigenvalue weighted by molar-refractivity contribution is 0.421. The number of pyridine rings is 1. The third-order valence-electron chi connectivity index (χ3n) is 5.10. The highest BCUT2D eigenvalue weighted by molar-refractivity contribution is 14.0. The average molecular weight is 522 g/mol. The topological polar surface area (TPSA) is 88.2 Å². The van der Waals surface area contributed by atoms with E-state index in [1.54, 1.807) is 25.4 Å². The van der Waals surface area contributed by atoms with Gasteiger partial charge in [-0.2, -0.15) is 4.98 Å². The van der Waals surface area contributed by atoms with Crippen LogP contribution in [0, 0.1) is 5.82 Å². The van der Waals surface area contributed by atoms with Gasteiger partial charge in [-0.05, 0) is 42.7 Å². The largest absolute Gasteiger partial charge is 0.356 e. The van der Waals surface area contributed by atoms with E-state index in [1.807, 2.05) is 24.3 Å². The summed E-state index contributed by atoms with van der Waals surface area (Å²) >= 11 is 0. The predicted octanol–water partition coefficient (Wildman–Crippen LogP) is 3.33. The van der Waals surface area contributed by atoms with Gasteiger partial charge in [0.1, 0.15) is 11.5 Å². The molecule has 0 unspecified atom stereocenters. The highest BCUT2D eigenvalue weighted by atomic mass is 127. The molecule has 1 aliphatic rings. The normalized spacial score (nSPS) is 14.7. The van der Waals surface area contributed by atoms with Crippen LogP contribution in [0.2, 0.25) is 0 Å². The van der Waals surface area contributed by atoms with Crippen LogP contribution in [-0.4, -0.2) is 41.2 Å². The van der Waals surface area contributed by atoms with Crippen molar-refractivity contribution in [2.75, 3.05) is 20.1 Å². The number of aromatic nitrogens is 3. The average Bonchev–Trinajstić information content (AvgIpc) is 3.40. The maximum Gasteiger partial charge on any atom is 0.276 e.